The van der Waals surface area contributed by atoms with Gasteiger partial charge in [-0.3, -0.25) is 9.78 Å². The van der Waals surface area contributed by atoms with E-state index in [9.17, 15) is 4.79 Å². The maximum atomic E-state index is 11.6. The molecule has 4 nitrogen and oxygen atoms in total. The van der Waals surface area contributed by atoms with Crippen molar-refractivity contribution in [2.45, 2.75) is 6.92 Å². The lowest BCUT2D eigenvalue weighted by molar-refractivity contribution is -0.116. The molecule has 1 N–H and O–H groups in total. The van der Waals surface area contributed by atoms with Gasteiger partial charge in [0.2, 0.25) is 5.91 Å². The number of nitrogens with zero attached hydrogens (tertiary/aromatic N) is 2. The Hall–Kier alpha value is -2.07. The zero-order valence-electron chi connectivity index (χ0n) is 10.6. The summed E-state index contributed by atoms with van der Waals surface area (Å²) in [6.07, 6.45) is 3.51. The lowest BCUT2D eigenvalue weighted by atomic mass is 10.1. The third-order valence-electron chi connectivity index (χ3n) is 3.29. The number of aromatic amines is 1. The van der Waals surface area contributed by atoms with Crippen LogP contribution in [0.4, 0.5) is 5.69 Å². The van der Waals surface area contributed by atoms with Crippen molar-refractivity contribution in [3.05, 3.63) is 35.6 Å². The average molecular weight is 274 g/mol. The Morgan fingerprint density at radius 3 is 2.89 bits per heavy atom. The summed E-state index contributed by atoms with van der Waals surface area (Å²) >= 11 is 6.16. The van der Waals surface area contributed by atoms with E-state index >= 15 is 0 Å². The summed E-state index contributed by atoms with van der Waals surface area (Å²) in [6, 6.07) is 5.61. The second-order valence-electron chi connectivity index (χ2n) is 4.47. The first-order valence-corrected chi connectivity index (χ1v) is 6.25. The number of nitrogens with one attached hydrogen (secondary N) is 1. The molecule has 0 aliphatic carbocycles. The number of H-pyrrole nitrogens is 1. The van der Waals surface area contributed by atoms with Crippen LogP contribution in [0.1, 0.15) is 6.92 Å². The highest BCUT2D eigenvalue weighted by Gasteiger charge is 2.14. The van der Waals surface area contributed by atoms with Crippen LogP contribution in [0.15, 0.2) is 30.6 Å². The van der Waals surface area contributed by atoms with E-state index in [2.05, 4.69) is 9.97 Å². The Balaban J connectivity index is 2.42. The fourth-order valence-corrected chi connectivity index (χ4v) is 2.45. The molecule has 0 bridgehead atoms. The first-order valence-electron chi connectivity index (χ1n) is 5.87. The Kier molecular flexibility index (Phi) is 2.68. The van der Waals surface area contributed by atoms with Gasteiger partial charge in [-0.1, -0.05) is 11.6 Å². The van der Waals surface area contributed by atoms with Crippen molar-refractivity contribution in [3.8, 4) is 0 Å². The highest BCUT2D eigenvalue weighted by molar-refractivity contribution is 6.32. The van der Waals surface area contributed by atoms with E-state index in [1.54, 1.807) is 30.4 Å². The normalized spacial score (nSPS) is 11.1. The number of pyridine rings is 1. The quantitative estimate of drug-likeness (QED) is 0.739. The highest BCUT2D eigenvalue weighted by Crippen LogP contribution is 2.34. The summed E-state index contributed by atoms with van der Waals surface area (Å²) in [5, 5.41) is 2.65. The zero-order valence-corrected chi connectivity index (χ0v) is 11.3. The predicted molar refractivity (Wildman–Crippen MR) is 77.7 cm³/mol. The number of halogens is 1. The van der Waals surface area contributed by atoms with Gasteiger partial charge in [0.05, 0.1) is 22.9 Å². The molecule has 1 amide bonds. The van der Waals surface area contributed by atoms with Gasteiger partial charge in [0.15, 0.2) is 0 Å². The molecule has 0 aliphatic rings. The van der Waals surface area contributed by atoms with Gasteiger partial charge >= 0.3 is 0 Å². The van der Waals surface area contributed by atoms with E-state index in [0.29, 0.717) is 5.02 Å². The zero-order chi connectivity index (χ0) is 13.6. The van der Waals surface area contributed by atoms with Crippen LogP contribution in [-0.4, -0.2) is 22.9 Å². The van der Waals surface area contributed by atoms with E-state index in [-0.39, 0.29) is 5.91 Å². The van der Waals surface area contributed by atoms with Gasteiger partial charge in [-0.05, 0) is 18.2 Å². The highest BCUT2D eigenvalue weighted by atomic mass is 35.5. The van der Waals surface area contributed by atoms with Crippen LogP contribution in [0.3, 0.4) is 0 Å². The minimum Gasteiger partial charge on any atom is -0.352 e. The van der Waals surface area contributed by atoms with Gasteiger partial charge in [0, 0.05) is 36.0 Å². The first-order chi connectivity index (χ1) is 9.08. The van der Waals surface area contributed by atoms with Crippen LogP contribution in [0, 0.1) is 0 Å². The third-order valence-corrected chi connectivity index (χ3v) is 3.51. The molecule has 3 aromatic rings. The maximum Gasteiger partial charge on any atom is 0.223 e. The molecule has 1 aromatic carbocycles. The number of rotatable bonds is 1. The molecular weight excluding hydrogens is 262 g/mol. The molecule has 5 heteroatoms. The number of carbonyl (C=O) groups is 1. The number of hydrogen-bond acceptors (Lipinski definition) is 2. The predicted octanol–water partition coefficient (Wildman–Crippen LogP) is 3.35. The standard InChI is InChI=1S/C14H12ClN3O/c1-8(19)18(2)13-6-9(15)5-11-10-3-4-16-7-12(10)17-14(11)13/h3-7,17H,1-2H3. The fourth-order valence-electron chi connectivity index (χ4n) is 2.23. The summed E-state index contributed by atoms with van der Waals surface area (Å²) in [7, 11) is 1.73. The number of aromatic nitrogens is 2. The van der Waals surface area contributed by atoms with Crippen LogP contribution in [-0.2, 0) is 4.79 Å². The Labute approximate surface area is 115 Å². The summed E-state index contributed by atoms with van der Waals surface area (Å²) in [6.45, 7) is 1.52. The number of hydrogen-bond donors (Lipinski definition) is 1. The van der Waals surface area contributed by atoms with Gasteiger partial charge in [-0.25, -0.2) is 0 Å². The van der Waals surface area contributed by atoms with Crippen molar-refractivity contribution >= 4 is 45.0 Å². The number of carbonyl (C=O) groups excluding carboxylic acids is 1. The second kappa shape index (κ2) is 4.24. The molecule has 0 saturated heterocycles. The monoisotopic (exact) mass is 273 g/mol. The van der Waals surface area contributed by atoms with E-state index in [0.717, 1.165) is 27.5 Å². The smallest absolute Gasteiger partial charge is 0.223 e. The molecule has 0 unspecified atom stereocenters. The van der Waals surface area contributed by atoms with E-state index < -0.39 is 0 Å². The van der Waals surface area contributed by atoms with Crippen molar-refractivity contribution < 1.29 is 4.79 Å². The summed E-state index contributed by atoms with van der Waals surface area (Å²) < 4.78 is 0. The minimum absolute atomic E-state index is 0.0413. The van der Waals surface area contributed by atoms with Crippen molar-refractivity contribution in [3.63, 3.8) is 0 Å². The van der Waals surface area contributed by atoms with Gasteiger partial charge in [0.1, 0.15) is 0 Å². The number of fused-ring (bicyclic) bond motifs is 3. The Morgan fingerprint density at radius 2 is 2.16 bits per heavy atom. The van der Waals surface area contributed by atoms with Crippen LogP contribution < -0.4 is 4.90 Å². The molecular formula is C14H12ClN3O. The molecule has 19 heavy (non-hydrogen) atoms. The van der Waals surface area contributed by atoms with Crippen molar-refractivity contribution in [2.24, 2.45) is 0 Å². The Bertz CT molecular complexity index is 794. The van der Waals surface area contributed by atoms with Crippen LogP contribution in [0.2, 0.25) is 5.02 Å². The van der Waals surface area contributed by atoms with Gasteiger partial charge in [-0.15, -0.1) is 0 Å². The fraction of sp³-hybridized carbons (Fsp3) is 0.143. The molecule has 3 rings (SSSR count). The van der Waals surface area contributed by atoms with Gasteiger partial charge in [-0.2, -0.15) is 0 Å². The summed E-state index contributed by atoms with van der Waals surface area (Å²) in [5.41, 5.74) is 2.59. The molecule has 2 heterocycles. The first kappa shape index (κ1) is 12.0. The average Bonchev–Trinajstić information content (AvgIpc) is 2.75. The lowest BCUT2D eigenvalue weighted by Gasteiger charge is -2.16. The second-order valence-corrected chi connectivity index (χ2v) is 4.91. The molecule has 0 aliphatic heterocycles. The molecule has 96 valence electrons. The van der Waals surface area contributed by atoms with Crippen LogP contribution in [0.25, 0.3) is 21.8 Å². The van der Waals surface area contributed by atoms with Crippen LogP contribution >= 0.6 is 11.6 Å². The van der Waals surface area contributed by atoms with Gasteiger partial charge < -0.3 is 9.88 Å². The van der Waals surface area contributed by atoms with Crippen LogP contribution in [0.5, 0.6) is 0 Å². The number of benzene rings is 1. The molecule has 0 spiro atoms. The van der Waals surface area contributed by atoms with Crippen molar-refractivity contribution in [1.82, 2.24) is 9.97 Å². The maximum absolute atomic E-state index is 11.6. The summed E-state index contributed by atoms with van der Waals surface area (Å²) in [5.74, 6) is -0.0413. The van der Waals surface area contributed by atoms with Gasteiger partial charge in [0.25, 0.3) is 0 Å². The molecule has 0 atom stereocenters. The molecule has 0 fully saturated rings. The number of amides is 1. The molecule has 2 aromatic heterocycles. The van der Waals surface area contributed by atoms with E-state index in [1.807, 2.05) is 12.1 Å². The molecule has 0 saturated carbocycles. The third kappa shape index (κ3) is 1.85. The van der Waals surface area contributed by atoms with Crippen molar-refractivity contribution in [2.75, 3.05) is 11.9 Å². The topological polar surface area (TPSA) is 49.0 Å². The SMILES string of the molecule is CC(=O)N(C)c1cc(Cl)cc2c1[nH]c1cnccc12. The summed E-state index contributed by atoms with van der Waals surface area (Å²) in [4.78, 5) is 20.5. The largest absolute Gasteiger partial charge is 0.352 e. The minimum atomic E-state index is -0.0413. The lowest BCUT2D eigenvalue weighted by Crippen LogP contribution is -2.23. The van der Waals surface area contributed by atoms with Crippen molar-refractivity contribution in [1.29, 1.82) is 0 Å². The molecule has 0 radical (unpaired) electrons. The number of anilines is 1. The van der Waals surface area contributed by atoms with E-state index in [4.69, 9.17) is 11.6 Å². The Morgan fingerprint density at radius 1 is 1.37 bits per heavy atom. The van der Waals surface area contributed by atoms with E-state index in [1.165, 1.54) is 6.92 Å².